The minimum Gasteiger partial charge on any atom is -0.396 e. The molecule has 3 aromatic carbocycles. The van der Waals surface area contributed by atoms with Crippen LogP contribution in [0.2, 0.25) is 0 Å². The summed E-state index contributed by atoms with van der Waals surface area (Å²) in [6, 6.07) is 25.8. The highest BCUT2D eigenvalue weighted by Gasteiger charge is 2.54. The zero-order valence-corrected chi connectivity index (χ0v) is 20.9. The number of aliphatic hydroxyl groups excluding tert-OH is 1. The van der Waals surface area contributed by atoms with E-state index in [4.69, 9.17) is 5.73 Å². The van der Waals surface area contributed by atoms with E-state index in [2.05, 4.69) is 75.6 Å². The molecule has 0 radical (unpaired) electrons. The molecule has 2 aliphatic rings. The molecule has 1 unspecified atom stereocenters. The van der Waals surface area contributed by atoms with Crippen molar-refractivity contribution in [2.45, 2.75) is 19.9 Å². The first-order valence-corrected chi connectivity index (χ1v) is 12.8. The molecule has 3 N–H and O–H groups in total. The highest BCUT2D eigenvalue weighted by molar-refractivity contribution is 5.88. The molecule has 0 bridgehead atoms. The van der Waals surface area contributed by atoms with Crippen molar-refractivity contribution in [2.75, 3.05) is 19.7 Å². The molecule has 2 fully saturated rings. The van der Waals surface area contributed by atoms with E-state index < -0.39 is 5.91 Å². The van der Waals surface area contributed by atoms with Crippen molar-refractivity contribution in [1.82, 2.24) is 19.7 Å². The summed E-state index contributed by atoms with van der Waals surface area (Å²) in [5, 5.41) is 13.5. The lowest BCUT2D eigenvalue weighted by Crippen LogP contribution is -2.24. The summed E-state index contributed by atoms with van der Waals surface area (Å²) in [6.07, 6.45) is 0.831. The number of hydrogen-bond acceptors (Lipinski definition) is 5. The highest BCUT2D eigenvalue weighted by atomic mass is 16.3. The molecular weight excluding hydrogens is 462 g/mol. The Labute approximate surface area is 216 Å². The van der Waals surface area contributed by atoms with Crippen molar-refractivity contribution in [1.29, 1.82) is 0 Å². The number of piperidine rings is 1. The first-order chi connectivity index (χ1) is 18.0. The van der Waals surface area contributed by atoms with Crippen LogP contribution in [0.4, 0.5) is 0 Å². The number of rotatable bonds is 8. The van der Waals surface area contributed by atoms with Crippen molar-refractivity contribution in [3.63, 3.8) is 0 Å². The van der Waals surface area contributed by atoms with Crippen LogP contribution in [0.3, 0.4) is 0 Å². The normalized spacial score (nSPS) is 20.6. The van der Waals surface area contributed by atoms with Crippen LogP contribution in [-0.4, -0.2) is 50.4 Å². The van der Waals surface area contributed by atoms with Gasteiger partial charge in [-0.3, -0.25) is 9.69 Å². The summed E-state index contributed by atoms with van der Waals surface area (Å²) >= 11 is 0. The van der Waals surface area contributed by atoms with E-state index in [1.54, 1.807) is 11.6 Å². The molecule has 0 spiro atoms. The van der Waals surface area contributed by atoms with Gasteiger partial charge in [-0.2, -0.15) is 0 Å². The summed E-state index contributed by atoms with van der Waals surface area (Å²) in [5.74, 6) is 2.01. The number of likely N-dealkylation sites (tertiary alicyclic amines) is 1. The highest BCUT2D eigenvalue weighted by Crippen LogP contribution is 2.51. The Bertz CT molecular complexity index is 1400. The monoisotopic (exact) mass is 493 g/mol. The van der Waals surface area contributed by atoms with E-state index in [0.717, 1.165) is 43.6 Å². The van der Waals surface area contributed by atoms with Gasteiger partial charge in [0.15, 0.2) is 0 Å². The summed E-state index contributed by atoms with van der Waals surface area (Å²) in [7, 11) is 0. The number of amides is 1. The first kappa shape index (κ1) is 23.6. The van der Waals surface area contributed by atoms with Gasteiger partial charge >= 0.3 is 0 Å². The number of primary amides is 1. The molecule has 1 aliphatic heterocycles. The topological polar surface area (TPSA) is 97.3 Å². The number of hydrogen-bond donors (Lipinski definition) is 2. The Kier molecular flexibility index (Phi) is 6.10. The molecule has 37 heavy (non-hydrogen) atoms. The fourth-order valence-electron chi connectivity index (χ4n) is 5.74. The third-order valence-electron chi connectivity index (χ3n) is 7.88. The van der Waals surface area contributed by atoms with E-state index in [-0.39, 0.29) is 5.82 Å². The Balaban J connectivity index is 1.06. The maximum Gasteiger partial charge on any atom is 0.288 e. The molecule has 188 valence electrons. The smallest absolute Gasteiger partial charge is 0.288 e. The molecule has 1 saturated heterocycles. The molecular formula is C30H31N5O2. The number of nitrogens with zero attached hydrogens (tertiary/aromatic N) is 4. The van der Waals surface area contributed by atoms with Gasteiger partial charge in [0.25, 0.3) is 5.91 Å². The molecule has 7 heteroatoms. The Morgan fingerprint density at radius 2 is 1.43 bits per heavy atom. The van der Waals surface area contributed by atoms with Crippen LogP contribution in [0.15, 0.2) is 72.8 Å². The summed E-state index contributed by atoms with van der Waals surface area (Å²) in [5.41, 5.74) is 12.4. The lowest BCUT2D eigenvalue weighted by atomic mass is 9.99. The van der Waals surface area contributed by atoms with E-state index >= 15 is 0 Å². The Morgan fingerprint density at radius 3 is 1.95 bits per heavy atom. The van der Waals surface area contributed by atoms with Crippen molar-refractivity contribution in [3.05, 3.63) is 101 Å². The molecule has 1 aromatic heterocycles. The maximum absolute atomic E-state index is 11.4. The number of carbonyl (C=O) groups excluding carboxylic acids is 1. The largest absolute Gasteiger partial charge is 0.396 e. The molecule has 2 heterocycles. The van der Waals surface area contributed by atoms with Gasteiger partial charge in [0, 0.05) is 26.2 Å². The summed E-state index contributed by atoms with van der Waals surface area (Å²) in [6.45, 7) is 5.39. The summed E-state index contributed by atoms with van der Waals surface area (Å²) in [4.78, 5) is 18.0. The van der Waals surface area contributed by atoms with Crippen LogP contribution < -0.4 is 5.73 Å². The SMILES string of the molecule is Cc1nc(C(N)=O)nn1-c1ccc(Cc2ccc(-c3ccc(CN4C[C@@H]5C(CO)[C@@H]5C4)cc3)cc2)cc1. The van der Waals surface area contributed by atoms with Crippen LogP contribution in [0.1, 0.15) is 33.1 Å². The second kappa shape index (κ2) is 9.57. The number of nitrogens with two attached hydrogens (primary N) is 1. The van der Waals surface area contributed by atoms with Gasteiger partial charge in [-0.15, -0.1) is 5.10 Å². The third-order valence-corrected chi connectivity index (χ3v) is 7.88. The fourth-order valence-corrected chi connectivity index (χ4v) is 5.74. The zero-order chi connectivity index (χ0) is 25.5. The second-order valence-electron chi connectivity index (χ2n) is 10.4. The number of benzene rings is 3. The van der Waals surface area contributed by atoms with Crippen LogP contribution in [0, 0.1) is 24.7 Å². The number of aliphatic hydroxyl groups is 1. The van der Waals surface area contributed by atoms with Gasteiger partial charge in [-0.1, -0.05) is 60.7 Å². The Morgan fingerprint density at radius 1 is 0.892 bits per heavy atom. The van der Waals surface area contributed by atoms with Gasteiger partial charge in [0.2, 0.25) is 5.82 Å². The predicted octanol–water partition coefficient (Wildman–Crippen LogP) is 3.60. The number of aromatic nitrogens is 3. The van der Waals surface area contributed by atoms with Crippen LogP contribution in [0.25, 0.3) is 16.8 Å². The molecule has 1 aliphatic carbocycles. The maximum atomic E-state index is 11.4. The van der Waals surface area contributed by atoms with E-state index in [0.29, 0.717) is 18.3 Å². The number of fused-ring (bicyclic) bond motifs is 1. The quantitative estimate of drug-likeness (QED) is 0.391. The lowest BCUT2D eigenvalue weighted by molar-refractivity contribution is 0.0990. The molecule has 1 saturated carbocycles. The molecule has 1 amide bonds. The van der Waals surface area contributed by atoms with Gasteiger partial charge < -0.3 is 10.8 Å². The van der Waals surface area contributed by atoms with Crippen LogP contribution in [-0.2, 0) is 13.0 Å². The van der Waals surface area contributed by atoms with E-state index in [9.17, 15) is 9.90 Å². The lowest BCUT2D eigenvalue weighted by Gasteiger charge is -2.19. The second-order valence-corrected chi connectivity index (χ2v) is 10.4. The third kappa shape index (κ3) is 4.80. The average Bonchev–Trinajstić information content (AvgIpc) is 3.19. The van der Waals surface area contributed by atoms with Crippen molar-refractivity contribution >= 4 is 5.91 Å². The standard InChI is InChI=1S/C30H31N5O2/c1-19-32-30(29(31)37)33-35(19)25-12-6-21(7-13-25)14-20-2-8-23(9-3-20)24-10-4-22(5-11-24)15-34-16-26-27(17-34)28(26)18-36/h2-13,26-28,36H,14-18H2,1H3,(H2,31,37)/t26-,27+,28?. The van der Waals surface area contributed by atoms with Crippen molar-refractivity contribution in [2.24, 2.45) is 23.5 Å². The number of aryl methyl sites for hydroxylation is 1. The summed E-state index contributed by atoms with van der Waals surface area (Å²) < 4.78 is 1.63. The van der Waals surface area contributed by atoms with E-state index in [1.165, 1.54) is 27.8 Å². The Hall–Kier alpha value is -3.81. The fraction of sp³-hybridized carbons (Fsp3) is 0.300. The minimum atomic E-state index is -0.631. The van der Waals surface area contributed by atoms with Crippen molar-refractivity contribution in [3.8, 4) is 16.8 Å². The molecule has 4 aromatic rings. The van der Waals surface area contributed by atoms with E-state index in [1.807, 2.05) is 12.1 Å². The average molecular weight is 494 g/mol. The van der Waals surface area contributed by atoms with Gasteiger partial charge in [0.1, 0.15) is 5.82 Å². The minimum absolute atomic E-state index is 0.0242. The van der Waals surface area contributed by atoms with Crippen LogP contribution in [0.5, 0.6) is 0 Å². The zero-order valence-electron chi connectivity index (χ0n) is 20.9. The van der Waals surface area contributed by atoms with Gasteiger partial charge in [-0.25, -0.2) is 9.67 Å². The predicted molar refractivity (Wildman–Crippen MR) is 142 cm³/mol. The molecule has 3 atom stereocenters. The van der Waals surface area contributed by atoms with Crippen LogP contribution >= 0.6 is 0 Å². The first-order valence-electron chi connectivity index (χ1n) is 12.8. The van der Waals surface area contributed by atoms with Crippen molar-refractivity contribution < 1.29 is 9.90 Å². The molecule has 6 rings (SSSR count). The van der Waals surface area contributed by atoms with Gasteiger partial charge in [-0.05, 0) is 71.0 Å². The molecule has 7 nitrogen and oxygen atoms in total. The van der Waals surface area contributed by atoms with Gasteiger partial charge in [0.05, 0.1) is 5.69 Å². The number of carbonyl (C=O) groups is 1.